The Morgan fingerprint density at radius 1 is 1.14 bits per heavy atom. The van der Waals surface area contributed by atoms with Crippen molar-refractivity contribution in [1.29, 1.82) is 0 Å². The molecule has 1 unspecified atom stereocenters. The molecule has 1 atom stereocenters. The molecule has 0 aliphatic heterocycles. The van der Waals surface area contributed by atoms with Crippen molar-refractivity contribution in [2.24, 2.45) is 0 Å². The molecule has 1 N–H and O–H groups in total. The molecule has 0 fully saturated rings. The summed E-state index contributed by atoms with van der Waals surface area (Å²) in [7, 11) is -2.02. The van der Waals surface area contributed by atoms with Crippen LogP contribution in [0.1, 0.15) is 59.3 Å². The molecular weight excluding hydrogens is 210 g/mol. The Morgan fingerprint density at radius 3 is 1.71 bits per heavy atom. The van der Waals surface area contributed by atoms with Gasteiger partial charge < -0.3 is 0 Å². The molecule has 0 amide bonds. The van der Waals surface area contributed by atoms with E-state index in [9.17, 15) is 9.46 Å². The summed E-state index contributed by atoms with van der Waals surface area (Å²) in [5, 5.41) is -0.332. The normalized spacial score (nSPS) is 12.1. The summed E-state index contributed by atoms with van der Waals surface area (Å²) in [4.78, 5) is 9.23. The van der Waals surface area contributed by atoms with Gasteiger partial charge in [0.1, 0.15) is 0 Å². The summed E-state index contributed by atoms with van der Waals surface area (Å²) in [6.07, 6.45) is 6.09. The van der Waals surface area contributed by atoms with Gasteiger partial charge in [0.25, 0.3) is 0 Å². The predicted molar refractivity (Wildman–Crippen MR) is 67.2 cm³/mol. The predicted octanol–water partition coefficient (Wildman–Crippen LogP) is 2.68. The fourth-order valence-corrected chi connectivity index (χ4v) is 2.13. The molecule has 0 aliphatic rings. The van der Waals surface area contributed by atoms with Gasteiger partial charge in [0.15, 0.2) is 22.5 Å². The van der Waals surface area contributed by atoms with Crippen molar-refractivity contribution in [2.75, 3.05) is 0 Å². The van der Waals surface area contributed by atoms with Crippen molar-refractivity contribution >= 4 is 25.4 Å². The first-order valence-electron chi connectivity index (χ1n) is 5.23. The van der Waals surface area contributed by atoms with Crippen LogP contribution in [0.4, 0.5) is 0 Å². The maximum Gasteiger partial charge on any atom is 0.511 e. The summed E-state index contributed by atoms with van der Waals surface area (Å²) in [6.45, 7) is 6.17. The number of unbranched alkanes of at least 4 members (excludes halogenated alkanes) is 2. The molecule has 0 aliphatic carbocycles. The zero-order valence-electron chi connectivity index (χ0n) is 9.05. The van der Waals surface area contributed by atoms with Crippen LogP contribution in [0, 0.1) is 0 Å². The molecule has 0 aromatic heterocycles. The monoisotopic (exact) mass is 235 g/mol. The molecule has 4 heteroatoms. The van der Waals surface area contributed by atoms with Gasteiger partial charge in [-0.3, -0.25) is 0 Å². The van der Waals surface area contributed by atoms with E-state index in [-0.39, 0.29) is 22.5 Å². The Morgan fingerprint density at radius 2 is 1.50 bits per heavy atom. The first kappa shape index (κ1) is 17.0. The van der Waals surface area contributed by atoms with E-state index in [1.54, 1.807) is 0 Å². The highest BCUT2D eigenvalue weighted by Gasteiger charge is 2.42. The Bertz CT molecular complexity index is 154. The van der Waals surface area contributed by atoms with Crippen LogP contribution in [0.25, 0.3) is 0 Å². The average molecular weight is 235 g/mol. The smallest absolute Gasteiger partial charge is 0.160 e. The largest absolute Gasteiger partial charge is 0.511 e. The van der Waals surface area contributed by atoms with Gasteiger partial charge in [-0.15, -0.1) is 0 Å². The van der Waals surface area contributed by atoms with Crippen LogP contribution in [-0.4, -0.2) is 27.4 Å². The summed E-state index contributed by atoms with van der Waals surface area (Å²) >= 11 is 0. The van der Waals surface area contributed by atoms with Gasteiger partial charge in [0.2, 0.25) is 0 Å². The van der Waals surface area contributed by atoms with Crippen LogP contribution in [-0.2, 0) is 4.57 Å². The molecule has 84 valence electrons. The number of rotatable bonds is 7. The number of hydrogen-bond donors (Lipinski definition) is 1. The minimum absolute atomic E-state index is 0. The van der Waals surface area contributed by atoms with E-state index in [0.29, 0.717) is 0 Å². The molecule has 0 aromatic carbocycles. The van der Waals surface area contributed by atoms with E-state index in [2.05, 4.69) is 13.8 Å². The molecule has 2 nitrogen and oxygen atoms in total. The highest BCUT2D eigenvalue weighted by atomic mass is 31.1. The average Bonchev–Trinajstić information content (AvgIpc) is 2.11. The van der Waals surface area contributed by atoms with E-state index < -0.39 is 8.03 Å². The Balaban J connectivity index is 0. The van der Waals surface area contributed by atoms with E-state index >= 15 is 0 Å². The molecule has 0 spiro atoms. The molecule has 0 aromatic rings. The maximum absolute atomic E-state index is 11.2. The van der Waals surface area contributed by atoms with Crippen LogP contribution >= 0.6 is 8.03 Å². The van der Waals surface area contributed by atoms with Gasteiger partial charge in [-0.1, -0.05) is 26.7 Å². The zero-order valence-corrected chi connectivity index (χ0v) is 9.94. The van der Waals surface area contributed by atoms with Crippen molar-refractivity contribution in [3.63, 3.8) is 0 Å². The van der Waals surface area contributed by atoms with Crippen molar-refractivity contribution in [2.45, 2.75) is 64.5 Å². The van der Waals surface area contributed by atoms with Gasteiger partial charge in [0.05, 0.1) is 0 Å². The van der Waals surface area contributed by atoms with Crippen LogP contribution in [0.3, 0.4) is 0 Å². The second kappa shape index (κ2) is 8.87. The van der Waals surface area contributed by atoms with Gasteiger partial charge in [-0.05, 0) is 37.2 Å². The maximum atomic E-state index is 11.2. The lowest BCUT2D eigenvalue weighted by Gasteiger charge is -2.15. The third kappa shape index (κ3) is 6.15. The van der Waals surface area contributed by atoms with Crippen LogP contribution in [0.2, 0.25) is 0 Å². The zero-order chi connectivity index (χ0) is 10.3. The van der Waals surface area contributed by atoms with Crippen LogP contribution < -0.4 is 0 Å². The van der Waals surface area contributed by atoms with E-state index in [0.717, 1.165) is 38.5 Å². The van der Waals surface area contributed by atoms with Crippen LogP contribution in [0.15, 0.2) is 0 Å². The molecule has 0 saturated carbocycles. The SMILES string of the molecule is CCCCC(C)(CCCC)[P+](=O)O.[AlH3]. The lowest BCUT2D eigenvalue weighted by molar-refractivity contribution is 0.409. The molecule has 0 radical (unpaired) electrons. The molecule has 0 heterocycles. The summed E-state index contributed by atoms with van der Waals surface area (Å²) in [5.74, 6) is 0. The van der Waals surface area contributed by atoms with Gasteiger partial charge in [-0.25, -0.2) is 0 Å². The highest BCUT2D eigenvalue weighted by molar-refractivity contribution is 7.40. The van der Waals surface area contributed by atoms with Gasteiger partial charge in [0, 0.05) is 0 Å². The molecular formula is C10H25AlO2P+. The minimum Gasteiger partial charge on any atom is -0.160 e. The highest BCUT2D eigenvalue weighted by Crippen LogP contribution is 2.43. The number of hydrogen-bond acceptors (Lipinski definition) is 1. The first-order valence-corrected chi connectivity index (χ1v) is 6.44. The third-order valence-corrected chi connectivity index (χ3v) is 3.97. The Kier molecular flexibility index (Phi) is 10.8. The van der Waals surface area contributed by atoms with Crippen molar-refractivity contribution < 1.29 is 9.46 Å². The molecule has 14 heavy (non-hydrogen) atoms. The van der Waals surface area contributed by atoms with Crippen molar-refractivity contribution in [3.05, 3.63) is 0 Å². The topological polar surface area (TPSA) is 37.3 Å². The second-order valence-corrected chi connectivity index (χ2v) is 5.60. The Labute approximate surface area is 99.5 Å². The lowest BCUT2D eigenvalue weighted by atomic mass is 9.97. The fourth-order valence-electron chi connectivity index (χ4n) is 1.43. The first-order chi connectivity index (χ1) is 6.06. The summed E-state index contributed by atoms with van der Waals surface area (Å²) in [5.41, 5.74) is 0. The molecule has 0 bridgehead atoms. The third-order valence-electron chi connectivity index (χ3n) is 2.60. The van der Waals surface area contributed by atoms with Crippen molar-refractivity contribution in [3.8, 4) is 0 Å². The standard InChI is InChI=1S/C10H21O2P.Al.3H/c1-4-6-8-10(3,13(11)12)9-7-5-2;;;;/h4-9H2,1-3H3;;;;/p+1. The minimum atomic E-state index is -2.02. The van der Waals surface area contributed by atoms with E-state index in [4.69, 9.17) is 0 Å². The van der Waals surface area contributed by atoms with E-state index in [1.165, 1.54) is 0 Å². The van der Waals surface area contributed by atoms with Gasteiger partial charge in [-0.2, -0.15) is 4.89 Å². The van der Waals surface area contributed by atoms with Crippen molar-refractivity contribution in [1.82, 2.24) is 0 Å². The molecule has 0 saturated heterocycles. The lowest BCUT2D eigenvalue weighted by Crippen LogP contribution is -2.19. The fraction of sp³-hybridized carbons (Fsp3) is 1.00. The van der Waals surface area contributed by atoms with Crippen LogP contribution in [0.5, 0.6) is 0 Å². The van der Waals surface area contributed by atoms with Gasteiger partial charge >= 0.3 is 8.03 Å². The second-order valence-electron chi connectivity index (χ2n) is 3.98. The summed E-state index contributed by atoms with van der Waals surface area (Å²) < 4.78 is 11.2. The molecule has 0 rings (SSSR count). The Hall–Kier alpha value is 0.592. The summed E-state index contributed by atoms with van der Waals surface area (Å²) in [6, 6.07) is 0. The van der Waals surface area contributed by atoms with E-state index in [1.807, 2.05) is 6.92 Å². The quantitative estimate of drug-likeness (QED) is 0.544.